The Morgan fingerprint density at radius 1 is 0.842 bits per heavy atom. The van der Waals surface area contributed by atoms with Crippen LogP contribution < -0.4 is 26.0 Å². The van der Waals surface area contributed by atoms with Gasteiger partial charge in [-0.3, -0.25) is 4.79 Å². The number of hydrogen-bond acceptors (Lipinski definition) is 10. The minimum Gasteiger partial charge on any atom is -0.497 e. The number of benzene rings is 2. The summed E-state index contributed by atoms with van der Waals surface area (Å²) in [6.45, 7) is 6.87. The minimum atomic E-state index is -0.111. The van der Waals surface area contributed by atoms with Crippen LogP contribution in [0.3, 0.4) is 0 Å². The third-order valence-corrected chi connectivity index (χ3v) is 5.44. The molecule has 0 aliphatic heterocycles. The van der Waals surface area contributed by atoms with Crippen molar-refractivity contribution in [2.45, 2.75) is 26.3 Å². The van der Waals surface area contributed by atoms with E-state index >= 15 is 0 Å². The zero-order valence-corrected chi connectivity index (χ0v) is 22.2. The maximum absolute atomic E-state index is 12.0. The predicted octanol–water partition coefficient (Wildman–Crippen LogP) is 3.71. The first-order valence-electron chi connectivity index (χ1n) is 12.7. The van der Waals surface area contributed by atoms with Gasteiger partial charge in [0.15, 0.2) is 0 Å². The Kier molecular flexibility index (Phi) is 12.0. The second-order valence-corrected chi connectivity index (χ2v) is 8.39. The second-order valence-electron chi connectivity index (χ2n) is 8.39. The van der Waals surface area contributed by atoms with Crippen LogP contribution in [0.1, 0.15) is 30.6 Å². The molecule has 11 nitrogen and oxygen atoms in total. The molecule has 0 fully saturated rings. The number of anilines is 4. The molecule has 204 valence electrons. The van der Waals surface area contributed by atoms with Crippen LogP contribution in [0, 0.1) is 0 Å². The van der Waals surface area contributed by atoms with E-state index in [0.717, 1.165) is 17.9 Å². The van der Waals surface area contributed by atoms with Gasteiger partial charge in [0.2, 0.25) is 17.8 Å². The molecule has 3 aromatic rings. The number of amides is 1. The smallest absolute Gasteiger partial charge is 0.251 e. The molecule has 3 rings (SSSR count). The lowest BCUT2D eigenvalue weighted by Crippen LogP contribution is -2.27. The first-order chi connectivity index (χ1) is 18.6. The number of carbonyl (C=O) groups is 1. The lowest BCUT2D eigenvalue weighted by atomic mass is 10.2. The first-order valence-corrected chi connectivity index (χ1v) is 12.7. The summed E-state index contributed by atoms with van der Waals surface area (Å²) in [6.07, 6.45) is 0.936. The standard InChI is InChI=1S/C27H37N7O4/c1-4-20(2)30-26-32-25(33-27(34-26)31-22-10-12-23(36-3)13-11-22)29-15-17-38-19-18-37-16-14-28-24(35)21-8-6-5-7-9-21/h5-13,20H,4,14-19H2,1-3H3,(H,28,35)(H3,29,30,31,32,33,34). The highest BCUT2D eigenvalue weighted by Crippen LogP contribution is 2.19. The SMILES string of the molecule is CCC(C)Nc1nc(NCCOCCOCCNC(=O)c2ccccc2)nc(Nc2ccc(OC)cc2)n1. The Balaban J connectivity index is 1.37. The summed E-state index contributed by atoms with van der Waals surface area (Å²) >= 11 is 0. The van der Waals surface area contributed by atoms with E-state index in [4.69, 9.17) is 14.2 Å². The maximum Gasteiger partial charge on any atom is 0.251 e. The molecule has 2 aromatic carbocycles. The number of ether oxygens (including phenoxy) is 3. The third-order valence-electron chi connectivity index (χ3n) is 5.44. The van der Waals surface area contributed by atoms with Crippen LogP contribution >= 0.6 is 0 Å². The molecular weight excluding hydrogens is 486 g/mol. The largest absolute Gasteiger partial charge is 0.497 e. The lowest BCUT2D eigenvalue weighted by molar-refractivity contribution is 0.0519. The van der Waals surface area contributed by atoms with E-state index in [1.54, 1.807) is 19.2 Å². The van der Waals surface area contributed by atoms with Gasteiger partial charge in [-0.05, 0) is 49.7 Å². The van der Waals surface area contributed by atoms with Crippen molar-refractivity contribution >= 4 is 29.4 Å². The van der Waals surface area contributed by atoms with Crippen molar-refractivity contribution in [3.8, 4) is 5.75 Å². The highest BCUT2D eigenvalue weighted by molar-refractivity contribution is 5.94. The topological polar surface area (TPSA) is 132 Å². The van der Waals surface area contributed by atoms with E-state index in [1.165, 1.54) is 0 Å². The fourth-order valence-electron chi connectivity index (χ4n) is 3.19. The van der Waals surface area contributed by atoms with Gasteiger partial charge >= 0.3 is 0 Å². The van der Waals surface area contributed by atoms with Crippen molar-refractivity contribution in [2.75, 3.05) is 62.6 Å². The minimum absolute atomic E-state index is 0.111. The Bertz CT molecular complexity index is 1100. The molecular formula is C27H37N7O4. The van der Waals surface area contributed by atoms with E-state index in [9.17, 15) is 4.79 Å². The number of carbonyl (C=O) groups excluding carboxylic acids is 1. The molecule has 0 saturated carbocycles. The lowest BCUT2D eigenvalue weighted by Gasteiger charge is -2.14. The molecule has 0 saturated heterocycles. The molecule has 1 unspecified atom stereocenters. The van der Waals surface area contributed by atoms with Crippen LogP contribution in [0.2, 0.25) is 0 Å². The number of rotatable bonds is 17. The van der Waals surface area contributed by atoms with Crippen LogP contribution in [0.25, 0.3) is 0 Å². The molecule has 1 heterocycles. The summed E-state index contributed by atoms with van der Waals surface area (Å²) in [5, 5.41) is 12.5. The van der Waals surface area contributed by atoms with Crippen molar-refractivity contribution in [3.05, 3.63) is 60.2 Å². The number of aromatic nitrogens is 3. The van der Waals surface area contributed by atoms with Gasteiger partial charge in [0.25, 0.3) is 5.91 Å². The number of hydrogen-bond donors (Lipinski definition) is 4. The summed E-state index contributed by atoms with van der Waals surface area (Å²) in [6, 6.07) is 16.8. The summed E-state index contributed by atoms with van der Waals surface area (Å²) in [7, 11) is 1.63. The van der Waals surface area contributed by atoms with Gasteiger partial charge < -0.3 is 35.5 Å². The number of methoxy groups -OCH3 is 1. The summed E-state index contributed by atoms with van der Waals surface area (Å²) in [5.74, 6) is 2.01. The second kappa shape index (κ2) is 16.0. The van der Waals surface area contributed by atoms with Gasteiger partial charge in [-0.2, -0.15) is 15.0 Å². The predicted molar refractivity (Wildman–Crippen MR) is 148 cm³/mol. The van der Waals surface area contributed by atoms with Gasteiger partial charge in [0.1, 0.15) is 5.75 Å². The number of nitrogens with one attached hydrogen (secondary N) is 4. The van der Waals surface area contributed by atoms with Crippen molar-refractivity contribution in [1.82, 2.24) is 20.3 Å². The molecule has 1 amide bonds. The highest BCUT2D eigenvalue weighted by Gasteiger charge is 2.09. The summed E-state index contributed by atoms with van der Waals surface area (Å²) in [5.41, 5.74) is 1.47. The molecule has 0 radical (unpaired) electrons. The average molecular weight is 524 g/mol. The Morgan fingerprint density at radius 3 is 2.18 bits per heavy atom. The van der Waals surface area contributed by atoms with Crippen molar-refractivity contribution in [2.24, 2.45) is 0 Å². The molecule has 0 aliphatic carbocycles. The third kappa shape index (κ3) is 10.2. The van der Waals surface area contributed by atoms with Crippen LogP contribution in [0.15, 0.2) is 54.6 Å². The molecule has 1 atom stereocenters. The number of nitrogens with zero attached hydrogens (tertiary/aromatic N) is 3. The van der Waals surface area contributed by atoms with E-state index < -0.39 is 0 Å². The Labute approximate surface area is 223 Å². The Hall–Kier alpha value is -3.96. The van der Waals surface area contributed by atoms with Gasteiger partial charge in [-0.15, -0.1) is 0 Å². The van der Waals surface area contributed by atoms with Gasteiger partial charge in [0.05, 0.1) is 33.5 Å². The zero-order chi connectivity index (χ0) is 27.0. The molecule has 0 spiro atoms. The Morgan fingerprint density at radius 2 is 1.50 bits per heavy atom. The summed E-state index contributed by atoms with van der Waals surface area (Å²) < 4.78 is 16.4. The fourth-order valence-corrected chi connectivity index (χ4v) is 3.19. The maximum atomic E-state index is 12.0. The molecule has 4 N–H and O–H groups in total. The van der Waals surface area contributed by atoms with E-state index in [2.05, 4.69) is 50.1 Å². The molecule has 0 bridgehead atoms. The van der Waals surface area contributed by atoms with Crippen molar-refractivity contribution < 1.29 is 19.0 Å². The van der Waals surface area contributed by atoms with E-state index in [-0.39, 0.29) is 11.9 Å². The highest BCUT2D eigenvalue weighted by atomic mass is 16.5. The molecule has 0 aliphatic rings. The summed E-state index contributed by atoms with van der Waals surface area (Å²) in [4.78, 5) is 25.4. The van der Waals surface area contributed by atoms with E-state index in [0.29, 0.717) is 62.9 Å². The van der Waals surface area contributed by atoms with Crippen molar-refractivity contribution in [1.29, 1.82) is 0 Å². The van der Waals surface area contributed by atoms with Crippen LogP contribution in [-0.4, -0.2) is 73.5 Å². The fraction of sp³-hybridized carbons (Fsp3) is 0.407. The van der Waals surface area contributed by atoms with E-state index in [1.807, 2.05) is 42.5 Å². The van der Waals surface area contributed by atoms with Crippen molar-refractivity contribution in [3.63, 3.8) is 0 Å². The van der Waals surface area contributed by atoms with Gasteiger partial charge in [0, 0.05) is 30.4 Å². The molecule has 1 aromatic heterocycles. The van der Waals surface area contributed by atoms with Crippen LogP contribution in [-0.2, 0) is 9.47 Å². The van der Waals surface area contributed by atoms with Crippen LogP contribution in [0.4, 0.5) is 23.5 Å². The van der Waals surface area contributed by atoms with Gasteiger partial charge in [-0.1, -0.05) is 25.1 Å². The quantitative estimate of drug-likeness (QED) is 0.194. The molecule has 11 heteroatoms. The molecule has 38 heavy (non-hydrogen) atoms. The zero-order valence-electron chi connectivity index (χ0n) is 22.2. The monoisotopic (exact) mass is 523 g/mol. The normalized spacial score (nSPS) is 11.4. The van der Waals surface area contributed by atoms with Gasteiger partial charge in [-0.25, -0.2) is 0 Å². The van der Waals surface area contributed by atoms with Crippen LogP contribution in [0.5, 0.6) is 5.75 Å². The first kappa shape index (κ1) is 28.6. The average Bonchev–Trinajstić information content (AvgIpc) is 2.94.